The van der Waals surface area contributed by atoms with Crippen molar-refractivity contribution in [1.82, 2.24) is 0 Å². The molecule has 19 heavy (non-hydrogen) atoms. The predicted octanol–water partition coefficient (Wildman–Crippen LogP) is 3.08. The third-order valence-electron chi connectivity index (χ3n) is 4.21. The molecule has 3 heterocycles. The molecule has 2 unspecified atom stereocenters. The van der Waals surface area contributed by atoms with E-state index in [4.69, 9.17) is 9.15 Å². The Morgan fingerprint density at radius 3 is 3.21 bits per heavy atom. The van der Waals surface area contributed by atoms with E-state index in [1.165, 1.54) is 5.75 Å². The van der Waals surface area contributed by atoms with Crippen LogP contribution in [0.1, 0.15) is 31.4 Å². The largest absolute Gasteiger partial charge is 0.469 e. The Bertz CT molecular complexity index is 421. The van der Waals surface area contributed by atoms with Crippen LogP contribution in [0.3, 0.4) is 0 Å². The van der Waals surface area contributed by atoms with Crippen molar-refractivity contribution in [3.63, 3.8) is 0 Å². The lowest BCUT2D eigenvalue weighted by Crippen LogP contribution is -2.42. The quantitative estimate of drug-likeness (QED) is 0.849. The van der Waals surface area contributed by atoms with Crippen LogP contribution in [0.15, 0.2) is 22.8 Å². The number of Topliss-reactive ketones (excluding diaryl/α,β-unsaturated/α-hetero) is 1. The van der Waals surface area contributed by atoms with Gasteiger partial charge in [0.1, 0.15) is 11.5 Å². The van der Waals surface area contributed by atoms with E-state index < -0.39 is 0 Å². The van der Waals surface area contributed by atoms with E-state index in [0.29, 0.717) is 12.2 Å². The number of carbonyl (C=O) groups is 1. The molecule has 0 bridgehead atoms. The average molecular weight is 280 g/mol. The molecule has 1 aromatic rings. The van der Waals surface area contributed by atoms with Crippen molar-refractivity contribution in [3.05, 3.63) is 24.2 Å². The zero-order valence-corrected chi connectivity index (χ0v) is 11.9. The number of hydrogen-bond donors (Lipinski definition) is 0. The predicted molar refractivity (Wildman–Crippen MR) is 75.4 cm³/mol. The van der Waals surface area contributed by atoms with Crippen LogP contribution in [0.2, 0.25) is 0 Å². The summed E-state index contributed by atoms with van der Waals surface area (Å²) in [5.41, 5.74) is 0.00786. The van der Waals surface area contributed by atoms with Crippen LogP contribution in [0.4, 0.5) is 0 Å². The van der Waals surface area contributed by atoms with Gasteiger partial charge in [-0.3, -0.25) is 4.79 Å². The van der Waals surface area contributed by atoms with Gasteiger partial charge in [-0.2, -0.15) is 11.8 Å². The van der Waals surface area contributed by atoms with Crippen molar-refractivity contribution < 1.29 is 13.9 Å². The van der Waals surface area contributed by atoms with Gasteiger partial charge in [0.25, 0.3) is 0 Å². The van der Waals surface area contributed by atoms with Crippen LogP contribution >= 0.6 is 11.8 Å². The summed E-state index contributed by atoms with van der Waals surface area (Å²) in [6, 6.07) is 3.81. The molecule has 3 rings (SSSR count). The van der Waals surface area contributed by atoms with E-state index in [1.54, 1.807) is 6.26 Å². The summed E-state index contributed by atoms with van der Waals surface area (Å²) in [6.07, 6.45) is 5.92. The van der Waals surface area contributed by atoms with Crippen LogP contribution in [-0.4, -0.2) is 29.5 Å². The number of thioether (sulfide) groups is 1. The summed E-state index contributed by atoms with van der Waals surface area (Å²) in [5, 5.41) is 0. The summed E-state index contributed by atoms with van der Waals surface area (Å²) >= 11 is 1.95. The monoisotopic (exact) mass is 280 g/mol. The van der Waals surface area contributed by atoms with Gasteiger partial charge in [-0.1, -0.05) is 0 Å². The molecule has 0 aromatic carbocycles. The Hall–Kier alpha value is -0.740. The number of rotatable bonds is 4. The third-order valence-corrected chi connectivity index (χ3v) is 5.44. The first-order valence-corrected chi connectivity index (χ1v) is 8.20. The fourth-order valence-corrected chi connectivity index (χ4v) is 4.45. The molecule has 2 atom stereocenters. The highest BCUT2D eigenvalue weighted by molar-refractivity contribution is 7.99. The van der Waals surface area contributed by atoms with Crippen LogP contribution < -0.4 is 0 Å². The maximum absolute atomic E-state index is 12.3. The summed E-state index contributed by atoms with van der Waals surface area (Å²) in [4.78, 5) is 12.3. The Morgan fingerprint density at radius 1 is 1.53 bits per heavy atom. The molecular formula is C15H20O3S. The highest BCUT2D eigenvalue weighted by atomic mass is 32.2. The third kappa shape index (κ3) is 3.06. The number of hydrogen-bond acceptors (Lipinski definition) is 4. The lowest BCUT2D eigenvalue weighted by Gasteiger charge is -2.37. The molecule has 104 valence electrons. The molecule has 0 N–H and O–H groups in total. The van der Waals surface area contributed by atoms with Gasteiger partial charge in [0, 0.05) is 31.1 Å². The van der Waals surface area contributed by atoms with E-state index >= 15 is 0 Å². The van der Waals surface area contributed by atoms with Gasteiger partial charge in [0.05, 0.1) is 11.9 Å². The van der Waals surface area contributed by atoms with Gasteiger partial charge in [0.2, 0.25) is 0 Å². The maximum atomic E-state index is 12.3. The number of ether oxygens (including phenoxy) is 1. The Morgan fingerprint density at radius 2 is 2.47 bits per heavy atom. The number of aryl methyl sites for hydroxylation is 1. The minimum Gasteiger partial charge on any atom is -0.469 e. The summed E-state index contributed by atoms with van der Waals surface area (Å²) < 4.78 is 11.2. The average Bonchev–Trinajstić information content (AvgIpc) is 3.08. The highest BCUT2D eigenvalue weighted by Crippen LogP contribution is 2.40. The summed E-state index contributed by atoms with van der Waals surface area (Å²) in [7, 11) is 0. The summed E-state index contributed by atoms with van der Waals surface area (Å²) in [5.74, 6) is 3.73. The molecule has 0 saturated carbocycles. The fourth-order valence-electron chi connectivity index (χ4n) is 3.07. The minimum absolute atomic E-state index is 0.00786. The van der Waals surface area contributed by atoms with Crippen LogP contribution in [0, 0.1) is 5.92 Å². The second-order valence-electron chi connectivity index (χ2n) is 5.57. The van der Waals surface area contributed by atoms with Crippen molar-refractivity contribution >= 4 is 17.5 Å². The van der Waals surface area contributed by atoms with Gasteiger partial charge in [-0.25, -0.2) is 0 Å². The zero-order valence-electron chi connectivity index (χ0n) is 11.1. The van der Waals surface area contributed by atoms with Crippen LogP contribution in [-0.2, 0) is 16.0 Å². The van der Waals surface area contributed by atoms with E-state index in [0.717, 1.165) is 43.8 Å². The smallest absolute Gasteiger partial charge is 0.136 e. The SMILES string of the molecule is O=C(CCc1ccco1)C1CCOC2(CCSC2)C1. The van der Waals surface area contributed by atoms with Crippen molar-refractivity contribution in [2.45, 2.75) is 37.7 Å². The Kier molecular flexibility index (Phi) is 3.99. The fraction of sp³-hybridized carbons (Fsp3) is 0.667. The summed E-state index contributed by atoms with van der Waals surface area (Å²) in [6.45, 7) is 0.748. The number of ketones is 1. The molecule has 0 radical (unpaired) electrons. The lowest BCUT2D eigenvalue weighted by molar-refractivity contribution is -0.134. The van der Waals surface area contributed by atoms with Crippen molar-refractivity contribution in [1.29, 1.82) is 0 Å². The lowest BCUT2D eigenvalue weighted by atomic mass is 9.82. The van der Waals surface area contributed by atoms with Crippen molar-refractivity contribution in [3.8, 4) is 0 Å². The molecule has 3 nitrogen and oxygen atoms in total. The molecule has 1 spiro atoms. The van der Waals surface area contributed by atoms with Crippen molar-refractivity contribution in [2.24, 2.45) is 5.92 Å². The first-order chi connectivity index (χ1) is 9.27. The molecule has 0 aliphatic carbocycles. The van der Waals surface area contributed by atoms with Crippen LogP contribution in [0.5, 0.6) is 0 Å². The van der Waals surface area contributed by atoms with E-state index in [9.17, 15) is 4.79 Å². The van der Waals surface area contributed by atoms with Gasteiger partial charge >= 0.3 is 0 Å². The van der Waals surface area contributed by atoms with E-state index in [2.05, 4.69) is 0 Å². The highest BCUT2D eigenvalue weighted by Gasteiger charge is 2.42. The van der Waals surface area contributed by atoms with Gasteiger partial charge in [0.15, 0.2) is 0 Å². The van der Waals surface area contributed by atoms with Crippen molar-refractivity contribution in [2.75, 3.05) is 18.1 Å². The normalized spacial score (nSPS) is 30.8. The molecule has 2 aliphatic rings. The molecule has 0 amide bonds. The first-order valence-electron chi connectivity index (χ1n) is 7.04. The Balaban J connectivity index is 1.54. The zero-order chi connectivity index (χ0) is 13.1. The molecular weight excluding hydrogens is 260 g/mol. The van der Waals surface area contributed by atoms with Crippen LogP contribution in [0.25, 0.3) is 0 Å². The molecule has 1 aromatic heterocycles. The molecule has 2 fully saturated rings. The number of carbonyl (C=O) groups excluding carboxylic acids is 1. The van der Waals surface area contributed by atoms with E-state index in [-0.39, 0.29) is 11.5 Å². The molecule has 2 aliphatic heterocycles. The standard InChI is InChI=1S/C15H20O3S/c16-14(4-3-13-2-1-7-17-13)12-5-8-18-15(10-12)6-9-19-11-15/h1-2,7,12H,3-6,8-11H2. The van der Waals surface area contributed by atoms with E-state index in [1.807, 2.05) is 23.9 Å². The van der Waals surface area contributed by atoms with Gasteiger partial charge < -0.3 is 9.15 Å². The minimum atomic E-state index is 0.00786. The topological polar surface area (TPSA) is 39.4 Å². The first kappa shape index (κ1) is 13.3. The van der Waals surface area contributed by atoms with Gasteiger partial charge in [-0.15, -0.1) is 0 Å². The number of furan rings is 1. The maximum Gasteiger partial charge on any atom is 0.136 e. The van der Waals surface area contributed by atoms with Gasteiger partial charge in [-0.05, 0) is 37.1 Å². The second-order valence-corrected chi connectivity index (χ2v) is 6.67. The Labute approximate surface area is 118 Å². The second kappa shape index (κ2) is 5.71. The molecule has 2 saturated heterocycles. The molecule has 4 heteroatoms.